The molecule has 0 radical (unpaired) electrons. The molecule has 2 heterocycles. The first-order valence-electron chi connectivity index (χ1n) is 5.90. The number of likely N-dealkylation sites (N-methyl/N-ethyl adjacent to an activating group) is 1. The number of piperazine rings is 1. The number of hydrogen-bond acceptors (Lipinski definition) is 4. The Hall–Kier alpha value is -0.910. The summed E-state index contributed by atoms with van der Waals surface area (Å²) in [5, 5.41) is 4.29. The van der Waals surface area contributed by atoms with Crippen LogP contribution in [-0.4, -0.2) is 59.4 Å². The van der Waals surface area contributed by atoms with E-state index in [1.807, 2.05) is 17.1 Å². The highest BCUT2D eigenvalue weighted by Crippen LogP contribution is 2.00. The largest absolute Gasteiger partial charge is 0.326 e. The molecule has 0 spiro atoms. The summed E-state index contributed by atoms with van der Waals surface area (Å²) in [4.78, 5) is 4.86. The summed E-state index contributed by atoms with van der Waals surface area (Å²) in [7, 11) is 2.18. The third kappa shape index (κ3) is 3.04. The molecular weight excluding hydrogens is 202 g/mol. The second-order valence-electron chi connectivity index (χ2n) is 4.46. The smallest absolute Gasteiger partial charge is 0.0536 e. The monoisotopic (exact) mass is 223 g/mol. The van der Waals surface area contributed by atoms with E-state index in [0.29, 0.717) is 6.54 Å². The van der Waals surface area contributed by atoms with Crippen LogP contribution >= 0.6 is 0 Å². The van der Waals surface area contributed by atoms with Crippen LogP contribution in [0.25, 0.3) is 0 Å². The summed E-state index contributed by atoms with van der Waals surface area (Å²) in [6.07, 6.45) is 3.89. The van der Waals surface area contributed by atoms with Crippen molar-refractivity contribution in [2.45, 2.75) is 13.1 Å². The van der Waals surface area contributed by atoms with E-state index in [2.05, 4.69) is 21.9 Å². The maximum absolute atomic E-state index is 5.55. The molecule has 0 bridgehead atoms. The Morgan fingerprint density at radius 2 is 2.00 bits per heavy atom. The van der Waals surface area contributed by atoms with Gasteiger partial charge in [-0.1, -0.05) is 0 Å². The van der Waals surface area contributed by atoms with Crippen LogP contribution in [0.1, 0.15) is 5.56 Å². The standard InChI is InChI=1S/C11H21N5/c1-14-2-4-15(5-3-14)6-7-16-10-11(8-12)9-13-16/h9-10H,2-8,12H2,1H3. The van der Waals surface area contributed by atoms with Gasteiger partial charge in [-0.2, -0.15) is 5.10 Å². The Bertz CT molecular complexity index is 314. The van der Waals surface area contributed by atoms with Gasteiger partial charge in [0.1, 0.15) is 0 Å². The van der Waals surface area contributed by atoms with E-state index in [1.165, 1.54) is 26.2 Å². The van der Waals surface area contributed by atoms with E-state index in [-0.39, 0.29) is 0 Å². The molecule has 1 saturated heterocycles. The highest BCUT2D eigenvalue weighted by Gasteiger charge is 2.13. The Morgan fingerprint density at radius 1 is 1.25 bits per heavy atom. The molecule has 1 aromatic heterocycles. The van der Waals surface area contributed by atoms with Gasteiger partial charge in [0.15, 0.2) is 0 Å². The average Bonchev–Trinajstić information content (AvgIpc) is 2.76. The second kappa shape index (κ2) is 5.43. The van der Waals surface area contributed by atoms with Gasteiger partial charge in [0.2, 0.25) is 0 Å². The van der Waals surface area contributed by atoms with E-state index in [0.717, 1.165) is 18.7 Å². The van der Waals surface area contributed by atoms with Gasteiger partial charge in [0.05, 0.1) is 12.7 Å². The third-order valence-electron chi connectivity index (χ3n) is 3.16. The number of nitrogens with two attached hydrogens (primary N) is 1. The topological polar surface area (TPSA) is 50.3 Å². The average molecular weight is 223 g/mol. The molecule has 16 heavy (non-hydrogen) atoms. The van der Waals surface area contributed by atoms with Gasteiger partial charge in [-0.3, -0.25) is 9.58 Å². The van der Waals surface area contributed by atoms with E-state index >= 15 is 0 Å². The minimum atomic E-state index is 0.578. The Kier molecular flexibility index (Phi) is 3.93. The van der Waals surface area contributed by atoms with Crippen molar-refractivity contribution in [2.24, 2.45) is 5.73 Å². The van der Waals surface area contributed by atoms with Gasteiger partial charge in [-0.15, -0.1) is 0 Å². The zero-order valence-electron chi connectivity index (χ0n) is 9.97. The molecule has 1 aliphatic rings. The SMILES string of the molecule is CN1CCN(CCn2cc(CN)cn2)CC1. The van der Waals surface area contributed by atoms with Crippen molar-refractivity contribution in [2.75, 3.05) is 39.8 Å². The van der Waals surface area contributed by atoms with Gasteiger partial charge in [-0.05, 0) is 7.05 Å². The first-order valence-corrected chi connectivity index (χ1v) is 5.90. The van der Waals surface area contributed by atoms with E-state index in [1.54, 1.807) is 0 Å². The Morgan fingerprint density at radius 3 is 2.62 bits per heavy atom. The minimum absolute atomic E-state index is 0.578. The molecule has 0 aliphatic carbocycles. The number of aromatic nitrogens is 2. The van der Waals surface area contributed by atoms with Crippen LogP contribution in [-0.2, 0) is 13.1 Å². The second-order valence-corrected chi connectivity index (χ2v) is 4.46. The Balaban J connectivity index is 1.74. The molecule has 1 aliphatic heterocycles. The number of nitrogens with zero attached hydrogens (tertiary/aromatic N) is 4. The van der Waals surface area contributed by atoms with E-state index in [4.69, 9.17) is 5.73 Å². The zero-order valence-corrected chi connectivity index (χ0v) is 9.97. The van der Waals surface area contributed by atoms with Gasteiger partial charge in [0.25, 0.3) is 0 Å². The maximum atomic E-state index is 5.55. The van der Waals surface area contributed by atoms with Crippen LogP contribution in [0.2, 0.25) is 0 Å². The Labute approximate surface area is 96.8 Å². The normalized spacial score (nSPS) is 19.1. The van der Waals surface area contributed by atoms with Crippen molar-refractivity contribution in [3.63, 3.8) is 0 Å². The van der Waals surface area contributed by atoms with Crippen LogP contribution < -0.4 is 5.73 Å². The van der Waals surface area contributed by atoms with Gasteiger partial charge < -0.3 is 10.6 Å². The molecule has 2 rings (SSSR count). The zero-order chi connectivity index (χ0) is 11.4. The van der Waals surface area contributed by atoms with Crippen LogP contribution in [0.4, 0.5) is 0 Å². The van der Waals surface area contributed by atoms with E-state index < -0.39 is 0 Å². The molecule has 1 fully saturated rings. The lowest BCUT2D eigenvalue weighted by atomic mass is 10.3. The van der Waals surface area contributed by atoms with Gasteiger partial charge in [-0.25, -0.2) is 0 Å². The summed E-state index contributed by atoms with van der Waals surface area (Å²) < 4.78 is 1.99. The molecule has 0 saturated carbocycles. The number of hydrogen-bond donors (Lipinski definition) is 1. The lowest BCUT2D eigenvalue weighted by molar-refractivity contribution is 0.149. The maximum Gasteiger partial charge on any atom is 0.0536 e. The van der Waals surface area contributed by atoms with Crippen LogP contribution in [0.15, 0.2) is 12.4 Å². The molecule has 2 N–H and O–H groups in total. The van der Waals surface area contributed by atoms with Crippen molar-refractivity contribution >= 4 is 0 Å². The van der Waals surface area contributed by atoms with Crippen LogP contribution in [0, 0.1) is 0 Å². The molecule has 90 valence electrons. The molecule has 1 aromatic rings. The summed E-state index contributed by atoms with van der Waals surface area (Å²) in [6.45, 7) is 7.31. The molecule has 0 aromatic carbocycles. The lowest BCUT2D eigenvalue weighted by Crippen LogP contribution is -2.45. The highest BCUT2D eigenvalue weighted by molar-refractivity contribution is 5.02. The van der Waals surface area contributed by atoms with Crippen LogP contribution in [0.5, 0.6) is 0 Å². The molecule has 5 heteroatoms. The van der Waals surface area contributed by atoms with E-state index in [9.17, 15) is 0 Å². The quantitative estimate of drug-likeness (QED) is 0.754. The van der Waals surface area contributed by atoms with Gasteiger partial charge in [0, 0.05) is 51.0 Å². The van der Waals surface area contributed by atoms with Gasteiger partial charge >= 0.3 is 0 Å². The predicted molar refractivity (Wildman–Crippen MR) is 64.1 cm³/mol. The highest BCUT2D eigenvalue weighted by atomic mass is 15.3. The van der Waals surface area contributed by atoms with Crippen molar-refractivity contribution in [3.05, 3.63) is 18.0 Å². The summed E-state index contributed by atoms with van der Waals surface area (Å²) >= 11 is 0. The number of rotatable bonds is 4. The van der Waals surface area contributed by atoms with Crippen molar-refractivity contribution in [3.8, 4) is 0 Å². The van der Waals surface area contributed by atoms with Crippen LogP contribution in [0.3, 0.4) is 0 Å². The first kappa shape index (κ1) is 11.6. The predicted octanol–water partition coefficient (Wildman–Crippen LogP) is -0.411. The summed E-state index contributed by atoms with van der Waals surface area (Å²) in [6, 6.07) is 0. The molecular formula is C11H21N5. The minimum Gasteiger partial charge on any atom is -0.326 e. The summed E-state index contributed by atoms with van der Waals surface area (Å²) in [5.74, 6) is 0. The fourth-order valence-corrected chi connectivity index (χ4v) is 1.95. The fourth-order valence-electron chi connectivity index (χ4n) is 1.95. The van der Waals surface area contributed by atoms with Crippen molar-refractivity contribution < 1.29 is 0 Å². The lowest BCUT2D eigenvalue weighted by Gasteiger charge is -2.32. The van der Waals surface area contributed by atoms with Crippen molar-refractivity contribution in [1.82, 2.24) is 19.6 Å². The molecule has 5 nitrogen and oxygen atoms in total. The first-order chi connectivity index (χ1) is 7.78. The summed E-state index contributed by atoms with van der Waals surface area (Å²) in [5.41, 5.74) is 6.66. The fraction of sp³-hybridized carbons (Fsp3) is 0.727. The third-order valence-corrected chi connectivity index (χ3v) is 3.16. The molecule has 0 amide bonds. The molecule has 0 unspecified atom stereocenters. The van der Waals surface area contributed by atoms with Crippen molar-refractivity contribution in [1.29, 1.82) is 0 Å². The molecule has 0 atom stereocenters.